The van der Waals surface area contributed by atoms with E-state index in [1.807, 2.05) is 13.8 Å². The van der Waals surface area contributed by atoms with E-state index in [9.17, 15) is 19.8 Å². The van der Waals surface area contributed by atoms with Crippen LogP contribution < -0.4 is 0 Å². The Labute approximate surface area is 140 Å². The molecule has 6 heteroatoms. The molecular weight excluding hydrogens is 318 g/mol. The SMILES string of the molecule is CCC[C@@]1(C(=O)O)CN(C(=O)c2cc(C)cc(Cl)c2)CC[C@@H]1O. The molecule has 1 heterocycles. The zero-order valence-corrected chi connectivity index (χ0v) is 14.1. The second kappa shape index (κ2) is 6.89. The van der Waals surface area contributed by atoms with Crippen LogP contribution in [0.5, 0.6) is 0 Å². The van der Waals surface area contributed by atoms with Crippen molar-refractivity contribution in [3.05, 3.63) is 34.3 Å². The summed E-state index contributed by atoms with van der Waals surface area (Å²) in [5, 5.41) is 20.3. The average Bonchev–Trinajstić information content (AvgIpc) is 2.47. The maximum atomic E-state index is 12.7. The highest BCUT2D eigenvalue weighted by Crippen LogP contribution is 2.36. The molecule has 2 rings (SSSR count). The summed E-state index contributed by atoms with van der Waals surface area (Å²) < 4.78 is 0. The fourth-order valence-corrected chi connectivity index (χ4v) is 3.59. The molecule has 1 aromatic rings. The number of aryl methyl sites for hydroxylation is 1. The highest BCUT2D eigenvalue weighted by molar-refractivity contribution is 6.31. The molecule has 1 aliphatic heterocycles. The molecule has 2 atom stereocenters. The zero-order chi connectivity index (χ0) is 17.2. The third kappa shape index (κ3) is 3.51. The molecular formula is C17H22ClNO4. The minimum Gasteiger partial charge on any atom is -0.481 e. The molecule has 0 aliphatic carbocycles. The van der Waals surface area contributed by atoms with E-state index in [4.69, 9.17) is 11.6 Å². The lowest BCUT2D eigenvalue weighted by Crippen LogP contribution is -2.57. The Morgan fingerprint density at radius 3 is 2.65 bits per heavy atom. The Kier molecular flexibility index (Phi) is 5.32. The summed E-state index contributed by atoms with van der Waals surface area (Å²) in [5.41, 5.74) is 0.0224. The van der Waals surface area contributed by atoms with Crippen LogP contribution in [0.3, 0.4) is 0 Å². The van der Waals surface area contributed by atoms with E-state index in [0.29, 0.717) is 30.0 Å². The zero-order valence-electron chi connectivity index (χ0n) is 13.4. The fraction of sp³-hybridized carbons (Fsp3) is 0.529. The summed E-state index contributed by atoms with van der Waals surface area (Å²) in [5.74, 6) is -1.30. The number of aliphatic carboxylic acids is 1. The summed E-state index contributed by atoms with van der Waals surface area (Å²) in [6.07, 6.45) is 0.284. The number of piperidine rings is 1. The second-order valence-corrected chi connectivity index (χ2v) is 6.70. The van der Waals surface area contributed by atoms with Crippen molar-refractivity contribution in [1.29, 1.82) is 0 Å². The van der Waals surface area contributed by atoms with E-state index in [1.54, 1.807) is 18.2 Å². The molecule has 0 unspecified atom stereocenters. The average molecular weight is 340 g/mol. The number of nitrogens with zero attached hydrogens (tertiary/aromatic N) is 1. The number of hydrogen-bond acceptors (Lipinski definition) is 3. The molecule has 126 valence electrons. The first-order valence-electron chi connectivity index (χ1n) is 7.78. The van der Waals surface area contributed by atoms with Crippen LogP contribution in [-0.2, 0) is 4.79 Å². The molecule has 1 amide bonds. The molecule has 0 saturated carbocycles. The largest absolute Gasteiger partial charge is 0.481 e. The predicted molar refractivity (Wildman–Crippen MR) is 87.7 cm³/mol. The first-order chi connectivity index (χ1) is 10.8. The van der Waals surface area contributed by atoms with Crippen LogP contribution in [0.25, 0.3) is 0 Å². The number of carbonyl (C=O) groups is 2. The minimum atomic E-state index is -1.30. The van der Waals surface area contributed by atoms with Crippen LogP contribution in [0.1, 0.15) is 42.1 Å². The molecule has 0 bridgehead atoms. The van der Waals surface area contributed by atoms with E-state index in [0.717, 1.165) is 5.56 Å². The predicted octanol–water partition coefficient (Wildman–Crippen LogP) is 2.73. The van der Waals surface area contributed by atoms with Gasteiger partial charge in [0.1, 0.15) is 5.41 Å². The van der Waals surface area contributed by atoms with Gasteiger partial charge in [0.25, 0.3) is 5.91 Å². The molecule has 1 aromatic carbocycles. The molecule has 1 fully saturated rings. The first-order valence-corrected chi connectivity index (χ1v) is 8.16. The molecule has 1 aliphatic rings. The van der Waals surface area contributed by atoms with Gasteiger partial charge < -0.3 is 15.1 Å². The van der Waals surface area contributed by atoms with Crippen molar-refractivity contribution in [2.75, 3.05) is 13.1 Å². The first kappa shape index (κ1) is 17.8. The smallest absolute Gasteiger partial charge is 0.314 e. The van der Waals surface area contributed by atoms with Crippen molar-refractivity contribution in [3.8, 4) is 0 Å². The van der Waals surface area contributed by atoms with Crippen LogP contribution in [0, 0.1) is 12.3 Å². The van der Waals surface area contributed by atoms with Crippen molar-refractivity contribution in [2.24, 2.45) is 5.41 Å². The third-order valence-corrected chi connectivity index (χ3v) is 4.70. The number of benzene rings is 1. The summed E-state index contributed by atoms with van der Waals surface area (Å²) in [6.45, 7) is 4.08. The van der Waals surface area contributed by atoms with Gasteiger partial charge in [-0.2, -0.15) is 0 Å². The van der Waals surface area contributed by atoms with Crippen LogP contribution in [-0.4, -0.2) is 46.2 Å². The fourth-order valence-electron chi connectivity index (χ4n) is 3.30. The van der Waals surface area contributed by atoms with E-state index in [-0.39, 0.29) is 18.9 Å². The van der Waals surface area contributed by atoms with Crippen molar-refractivity contribution >= 4 is 23.5 Å². The highest BCUT2D eigenvalue weighted by Gasteiger charge is 2.49. The van der Waals surface area contributed by atoms with Gasteiger partial charge in [0.2, 0.25) is 0 Å². The number of amides is 1. The number of carboxylic acid groups (broad SMARTS) is 1. The van der Waals surface area contributed by atoms with Crippen molar-refractivity contribution < 1.29 is 19.8 Å². The molecule has 0 radical (unpaired) electrons. The van der Waals surface area contributed by atoms with Crippen molar-refractivity contribution in [3.63, 3.8) is 0 Å². The standard InChI is InChI=1S/C17H22ClNO4/c1-3-5-17(16(22)23)10-19(6-4-14(17)20)15(21)12-7-11(2)8-13(18)9-12/h7-9,14,20H,3-6,10H2,1-2H3,(H,22,23)/t14-,17+/m0/s1. The Balaban J connectivity index is 2.29. The maximum absolute atomic E-state index is 12.7. The normalized spacial score (nSPS) is 24.5. The number of rotatable bonds is 4. The van der Waals surface area contributed by atoms with Crippen LogP contribution in [0.15, 0.2) is 18.2 Å². The molecule has 23 heavy (non-hydrogen) atoms. The molecule has 2 N–H and O–H groups in total. The van der Waals surface area contributed by atoms with Crippen molar-refractivity contribution in [2.45, 2.75) is 39.2 Å². The molecule has 0 aromatic heterocycles. The Hall–Kier alpha value is -1.59. The van der Waals surface area contributed by atoms with Gasteiger partial charge in [-0.3, -0.25) is 9.59 Å². The van der Waals surface area contributed by atoms with Gasteiger partial charge in [-0.05, 0) is 43.5 Å². The van der Waals surface area contributed by atoms with Gasteiger partial charge in [-0.25, -0.2) is 0 Å². The molecule has 1 saturated heterocycles. The monoisotopic (exact) mass is 339 g/mol. The summed E-state index contributed by atoms with van der Waals surface area (Å²) in [4.78, 5) is 26.0. The van der Waals surface area contributed by atoms with E-state index in [1.165, 1.54) is 4.90 Å². The number of carboxylic acids is 1. The number of likely N-dealkylation sites (tertiary alicyclic amines) is 1. The number of aliphatic hydroxyl groups excluding tert-OH is 1. The Bertz CT molecular complexity index is 598. The summed E-state index contributed by atoms with van der Waals surface area (Å²) in [7, 11) is 0. The van der Waals surface area contributed by atoms with Gasteiger partial charge in [-0.15, -0.1) is 0 Å². The molecule has 0 spiro atoms. The van der Waals surface area contributed by atoms with Crippen LogP contribution in [0.2, 0.25) is 5.02 Å². The number of carbonyl (C=O) groups excluding carboxylic acids is 1. The van der Waals surface area contributed by atoms with Crippen LogP contribution in [0.4, 0.5) is 0 Å². The number of hydrogen-bond donors (Lipinski definition) is 2. The Morgan fingerprint density at radius 2 is 2.09 bits per heavy atom. The quantitative estimate of drug-likeness (QED) is 0.884. The van der Waals surface area contributed by atoms with Crippen molar-refractivity contribution in [1.82, 2.24) is 4.90 Å². The second-order valence-electron chi connectivity index (χ2n) is 6.26. The van der Waals surface area contributed by atoms with Gasteiger partial charge in [0.05, 0.1) is 6.10 Å². The highest BCUT2D eigenvalue weighted by atomic mass is 35.5. The molecule has 5 nitrogen and oxygen atoms in total. The van der Waals surface area contributed by atoms with E-state index in [2.05, 4.69) is 0 Å². The lowest BCUT2D eigenvalue weighted by Gasteiger charge is -2.43. The summed E-state index contributed by atoms with van der Waals surface area (Å²) >= 11 is 6.01. The maximum Gasteiger partial charge on any atom is 0.314 e. The number of aliphatic hydroxyl groups is 1. The lowest BCUT2D eigenvalue weighted by atomic mass is 9.74. The lowest BCUT2D eigenvalue weighted by molar-refractivity contribution is -0.162. The topological polar surface area (TPSA) is 77.8 Å². The van der Waals surface area contributed by atoms with E-state index < -0.39 is 17.5 Å². The minimum absolute atomic E-state index is 0.0156. The van der Waals surface area contributed by atoms with E-state index >= 15 is 0 Å². The van der Waals surface area contributed by atoms with Gasteiger partial charge in [0, 0.05) is 23.7 Å². The van der Waals surface area contributed by atoms with Gasteiger partial charge in [0.15, 0.2) is 0 Å². The third-order valence-electron chi connectivity index (χ3n) is 4.48. The Morgan fingerprint density at radius 1 is 1.39 bits per heavy atom. The summed E-state index contributed by atoms with van der Waals surface area (Å²) in [6, 6.07) is 5.09. The van der Waals surface area contributed by atoms with Gasteiger partial charge in [-0.1, -0.05) is 24.9 Å². The number of halogens is 1. The van der Waals surface area contributed by atoms with Gasteiger partial charge >= 0.3 is 5.97 Å². The van der Waals surface area contributed by atoms with Crippen LogP contribution >= 0.6 is 11.6 Å².